The maximum absolute atomic E-state index is 13.6. The number of benzene rings is 3. The lowest BCUT2D eigenvalue weighted by Gasteiger charge is -2.23. The van der Waals surface area contributed by atoms with Gasteiger partial charge in [-0.25, -0.2) is 9.40 Å². The third-order valence-corrected chi connectivity index (χ3v) is 7.05. The van der Waals surface area contributed by atoms with Gasteiger partial charge in [0.25, 0.3) is 5.91 Å². The van der Waals surface area contributed by atoms with Crippen molar-refractivity contribution < 1.29 is 14.0 Å². The van der Waals surface area contributed by atoms with Crippen LogP contribution in [0.3, 0.4) is 0 Å². The molecule has 3 aromatic carbocycles. The van der Waals surface area contributed by atoms with E-state index in [0.29, 0.717) is 17.3 Å². The maximum atomic E-state index is 13.6. The molecular formula is C27H23FN4O2S. The molecule has 0 aliphatic carbocycles. The Balaban J connectivity index is 1.34. The van der Waals surface area contributed by atoms with E-state index in [9.17, 15) is 14.0 Å². The van der Waals surface area contributed by atoms with Gasteiger partial charge in [-0.3, -0.25) is 9.59 Å². The average molecular weight is 487 g/mol. The van der Waals surface area contributed by atoms with Crippen molar-refractivity contribution in [1.82, 2.24) is 5.01 Å². The highest BCUT2D eigenvalue weighted by atomic mass is 32.2. The first-order valence-electron chi connectivity index (χ1n) is 11.3. The summed E-state index contributed by atoms with van der Waals surface area (Å²) in [4.78, 5) is 29.5. The molecule has 0 fully saturated rings. The largest absolute Gasteiger partial charge is 0.326 e. The normalized spacial score (nSPS) is 19.5. The van der Waals surface area contributed by atoms with Gasteiger partial charge in [-0.2, -0.15) is 10.1 Å². The second-order valence-electron chi connectivity index (χ2n) is 8.49. The molecule has 2 amide bonds. The highest BCUT2D eigenvalue weighted by Crippen LogP contribution is 2.38. The predicted octanol–water partition coefficient (Wildman–Crippen LogP) is 5.31. The van der Waals surface area contributed by atoms with Crippen LogP contribution in [0.5, 0.6) is 0 Å². The molecule has 2 aliphatic rings. The number of carbonyl (C=O) groups is 2. The third-order valence-electron chi connectivity index (χ3n) is 5.90. The Morgan fingerprint density at radius 1 is 1.06 bits per heavy atom. The number of amides is 2. The molecule has 3 aromatic rings. The van der Waals surface area contributed by atoms with Crippen molar-refractivity contribution in [3.05, 3.63) is 101 Å². The summed E-state index contributed by atoms with van der Waals surface area (Å²) < 4.78 is 13.6. The summed E-state index contributed by atoms with van der Waals surface area (Å²) in [6, 6.07) is 23.3. The summed E-state index contributed by atoms with van der Waals surface area (Å²) in [5.41, 5.74) is 4.49. The van der Waals surface area contributed by atoms with Crippen LogP contribution in [-0.4, -0.2) is 33.0 Å². The van der Waals surface area contributed by atoms with Crippen LogP contribution in [0.15, 0.2) is 89.0 Å². The number of aryl methyl sites for hydroxylation is 1. The van der Waals surface area contributed by atoms with E-state index in [1.54, 1.807) is 17.1 Å². The molecule has 6 nitrogen and oxygen atoms in total. The molecule has 5 rings (SSSR count). The van der Waals surface area contributed by atoms with Crippen molar-refractivity contribution in [1.29, 1.82) is 0 Å². The summed E-state index contributed by atoms with van der Waals surface area (Å²) in [5, 5.41) is 9.19. The van der Waals surface area contributed by atoms with Gasteiger partial charge >= 0.3 is 0 Å². The van der Waals surface area contributed by atoms with Crippen LogP contribution in [0.2, 0.25) is 0 Å². The van der Waals surface area contributed by atoms with Crippen LogP contribution >= 0.6 is 11.8 Å². The van der Waals surface area contributed by atoms with Gasteiger partial charge in [-0.1, -0.05) is 71.9 Å². The Hall–Kier alpha value is -3.78. The number of hydrazone groups is 1. The Morgan fingerprint density at radius 3 is 2.49 bits per heavy atom. The van der Waals surface area contributed by atoms with E-state index in [1.807, 2.05) is 61.5 Å². The SMILES string of the molecule is Cc1ccc(NC(=O)C[C@H]2SC(N3N=C(c4ccccc4)C[C@H]3c3ccc(F)cc3)=NC2=O)cc1. The Kier molecular flexibility index (Phi) is 6.46. The summed E-state index contributed by atoms with van der Waals surface area (Å²) >= 11 is 1.24. The van der Waals surface area contributed by atoms with Gasteiger partial charge in [0.15, 0.2) is 5.17 Å². The molecule has 2 heterocycles. The van der Waals surface area contributed by atoms with Gasteiger partial charge in [0.1, 0.15) is 11.1 Å². The van der Waals surface area contributed by atoms with Gasteiger partial charge in [-0.15, -0.1) is 0 Å². The topological polar surface area (TPSA) is 74.1 Å². The Bertz CT molecular complexity index is 1310. The van der Waals surface area contributed by atoms with E-state index < -0.39 is 5.25 Å². The van der Waals surface area contributed by atoms with E-state index in [4.69, 9.17) is 5.10 Å². The third kappa shape index (κ3) is 5.17. The van der Waals surface area contributed by atoms with E-state index in [2.05, 4.69) is 10.3 Å². The van der Waals surface area contributed by atoms with Crippen molar-refractivity contribution >= 4 is 40.1 Å². The van der Waals surface area contributed by atoms with Crippen LogP contribution < -0.4 is 5.32 Å². The number of anilines is 1. The highest BCUT2D eigenvalue weighted by Gasteiger charge is 2.39. The molecule has 0 bridgehead atoms. The van der Waals surface area contributed by atoms with Crippen LogP contribution in [0, 0.1) is 12.7 Å². The number of thioether (sulfide) groups is 1. The number of amidine groups is 1. The van der Waals surface area contributed by atoms with Crippen LogP contribution in [0.4, 0.5) is 10.1 Å². The van der Waals surface area contributed by atoms with Crippen molar-refractivity contribution in [2.45, 2.75) is 31.1 Å². The van der Waals surface area contributed by atoms with Crippen LogP contribution in [0.1, 0.15) is 35.6 Å². The number of halogens is 1. The van der Waals surface area contributed by atoms with E-state index in [1.165, 1.54) is 23.9 Å². The number of carbonyl (C=O) groups excluding carboxylic acids is 2. The molecule has 2 aliphatic heterocycles. The Morgan fingerprint density at radius 2 is 1.77 bits per heavy atom. The molecule has 1 N–H and O–H groups in total. The molecule has 0 saturated carbocycles. The van der Waals surface area contributed by atoms with Gasteiger partial charge in [0, 0.05) is 18.5 Å². The minimum Gasteiger partial charge on any atom is -0.326 e. The highest BCUT2D eigenvalue weighted by molar-refractivity contribution is 8.15. The molecule has 0 saturated heterocycles. The first kappa shape index (κ1) is 23.0. The van der Waals surface area contributed by atoms with Crippen LogP contribution in [-0.2, 0) is 9.59 Å². The lowest BCUT2D eigenvalue weighted by atomic mass is 9.99. The Labute approximate surface area is 207 Å². The van der Waals surface area contributed by atoms with Crippen LogP contribution in [0.25, 0.3) is 0 Å². The number of hydrogen-bond donors (Lipinski definition) is 1. The minimum absolute atomic E-state index is 0.00862. The number of hydrogen-bond acceptors (Lipinski definition) is 5. The molecule has 8 heteroatoms. The molecule has 176 valence electrons. The number of aliphatic imine (C=N–C) groups is 1. The maximum Gasteiger partial charge on any atom is 0.262 e. The lowest BCUT2D eigenvalue weighted by Crippen LogP contribution is -2.25. The fraction of sp³-hybridized carbons (Fsp3) is 0.185. The summed E-state index contributed by atoms with van der Waals surface area (Å²) in [5.74, 6) is -0.920. The zero-order valence-electron chi connectivity index (χ0n) is 19.0. The number of nitrogens with zero attached hydrogens (tertiary/aromatic N) is 3. The van der Waals surface area contributed by atoms with E-state index in [-0.39, 0.29) is 30.1 Å². The van der Waals surface area contributed by atoms with Gasteiger partial charge in [0.2, 0.25) is 5.91 Å². The van der Waals surface area contributed by atoms with Gasteiger partial charge in [0.05, 0.1) is 11.8 Å². The van der Waals surface area contributed by atoms with Crippen molar-refractivity contribution in [2.75, 3.05) is 5.32 Å². The standard InChI is InChI=1S/C27H23FN4O2S/c1-17-7-13-21(14-8-17)29-25(33)16-24-26(34)30-27(35-24)32-23(19-9-11-20(28)12-10-19)15-22(31-32)18-5-3-2-4-6-18/h2-14,23-24H,15-16H2,1H3,(H,29,33)/t23-,24+/m0/s1. The summed E-state index contributed by atoms with van der Waals surface area (Å²) in [6.45, 7) is 1.97. The zero-order chi connectivity index (χ0) is 24.4. The second-order valence-corrected chi connectivity index (χ2v) is 9.66. The molecule has 0 radical (unpaired) electrons. The van der Waals surface area contributed by atoms with E-state index in [0.717, 1.165) is 22.4 Å². The fourth-order valence-corrected chi connectivity index (χ4v) is 5.12. The first-order chi connectivity index (χ1) is 17.0. The monoisotopic (exact) mass is 486 g/mol. The molecule has 0 unspecified atom stereocenters. The summed E-state index contributed by atoms with van der Waals surface area (Å²) in [6.07, 6.45) is 0.594. The smallest absolute Gasteiger partial charge is 0.262 e. The molecule has 0 aromatic heterocycles. The average Bonchev–Trinajstić information content (AvgIpc) is 3.46. The predicted molar refractivity (Wildman–Crippen MR) is 137 cm³/mol. The van der Waals surface area contributed by atoms with Crippen molar-refractivity contribution in [2.24, 2.45) is 10.1 Å². The summed E-state index contributed by atoms with van der Waals surface area (Å²) in [7, 11) is 0. The quantitative estimate of drug-likeness (QED) is 0.530. The molecule has 0 spiro atoms. The van der Waals surface area contributed by atoms with Gasteiger partial charge < -0.3 is 5.32 Å². The molecule has 2 atom stereocenters. The second kappa shape index (κ2) is 9.84. The van der Waals surface area contributed by atoms with Crippen molar-refractivity contribution in [3.8, 4) is 0 Å². The zero-order valence-corrected chi connectivity index (χ0v) is 19.8. The molecular weight excluding hydrogens is 463 g/mol. The van der Waals surface area contributed by atoms with Crippen molar-refractivity contribution in [3.63, 3.8) is 0 Å². The lowest BCUT2D eigenvalue weighted by molar-refractivity contribution is -0.121. The number of nitrogens with one attached hydrogen (secondary N) is 1. The number of rotatable bonds is 5. The van der Waals surface area contributed by atoms with E-state index >= 15 is 0 Å². The van der Waals surface area contributed by atoms with Gasteiger partial charge in [-0.05, 0) is 42.3 Å². The fourth-order valence-electron chi connectivity index (χ4n) is 4.06. The minimum atomic E-state index is -0.625. The molecule has 35 heavy (non-hydrogen) atoms. The first-order valence-corrected chi connectivity index (χ1v) is 12.2.